The molecule has 474 valence electrons. The molecular weight excluding hydrogens is 1160 g/mol. The smallest absolute Gasteiger partial charge is 0.330 e. The highest BCUT2D eigenvalue weighted by atomic mass is 16.5. The molecule has 8 aromatic rings. The van der Waals surface area contributed by atoms with Crippen LogP contribution in [0.1, 0.15) is 44.5 Å². The van der Waals surface area contributed by atoms with Crippen LogP contribution in [-0.4, -0.2) is 101 Å². The molecule has 4 N–H and O–H groups in total. The van der Waals surface area contributed by atoms with Gasteiger partial charge in [0.15, 0.2) is 57.5 Å². The maximum atomic E-state index is 11.1. The molecule has 0 aliphatic heterocycles. The van der Waals surface area contributed by atoms with E-state index in [9.17, 15) is 29.4 Å². The molecule has 0 atom stereocenters. The number of phenolic OH excluding ortho intramolecular Hbond substituents is 2. The molecule has 8 rings (SSSR count). The Hall–Kier alpha value is -11.5. The number of methoxy groups -OCH3 is 7. The minimum Gasteiger partial charge on any atom is -0.504 e. The number of aliphatic hydroxyl groups excluding tert-OH is 1. The Kier molecular flexibility index (Phi) is 32.9. The molecule has 0 aliphatic rings. The minimum atomic E-state index is -1.03. The van der Waals surface area contributed by atoms with E-state index < -0.39 is 17.9 Å². The van der Waals surface area contributed by atoms with Gasteiger partial charge in [0.2, 0.25) is 0 Å². The number of esters is 2. The van der Waals surface area contributed by atoms with E-state index in [4.69, 9.17) is 48.1 Å². The maximum absolute atomic E-state index is 11.1. The van der Waals surface area contributed by atoms with Crippen LogP contribution in [0, 0.1) is 0 Å². The van der Waals surface area contributed by atoms with E-state index in [0.717, 1.165) is 45.7 Å². The van der Waals surface area contributed by atoms with Crippen LogP contribution in [0.3, 0.4) is 0 Å². The molecule has 0 spiro atoms. The van der Waals surface area contributed by atoms with Crippen molar-refractivity contribution in [2.75, 3.05) is 56.4 Å². The molecule has 0 unspecified atom stereocenters. The molecule has 0 fully saturated rings. The van der Waals surface area contributed by atoms with Crippen molar-refractivity contribution in [3.63, 3.8) is 0 Å². The number of carbonyl (C=O) groups is 4. The first-order valence-electron chi connectivity index (χ1n) is 27.8. The number of aliphatic carboxylic acids is 1. The molecule has 18 heteroatoms. The summed E-state index contributed by atoms with van der Waals surface area (Å²) in [5.41, 5.74) is 7.23. The third kappa shape index (κ3) is 27.4. The molecule has 0 amide bonds. The zero-order valence-electron chi connectivity index (χ0n) is 51.5. The predicted molar refractivity (Wildman–Crippen MR) is 351 cm³/mol. The Morgan fingerprint density at radius 3 is 0.978 bits per heavy atom. The zero-order valence-corrected chi connectivity index (χ0v) is 51.5. The lowest BCUT2D eigenvalue weighted by atomic mass is 10.2. The molecule has 18 nitrogen and oxygen atoms in total. The number of carboxylic acids is 1. The van der Waals surface area contributed by atoms with Crippen LogP contribution in [0.2, 0.25) is 0 Å². The van der Waals surface area contributed by atoms with Gasteiger partial charge in [0.25, 0.3) is 0 Å². The molecule has 0 radical (unpaired) electrons. The normalized spacial score (nSPS) is 10.5. The summed E-state index contributed by atoms with van der Waals surface area (Å²) in [4.78, 5) is 42.5. The van der Waals surface area contributed by atoms with E-state index in [1.165, 1.54) is 64.9 Å². The van der Waals surface area contributed by atoms with Gasteiger partial charge in [0, 0.05) is 18.2 Å². The van der Waals surface area contributed by atoms with Crippen molar-refractivity contribution in [3.8, 4) is 57.5 Å². The number of aliphatic hydroxyl groups is 1. The van der Waals surface area contributed by atoms with Gasteiger partial charge in [0.05, 0.1) is 56.4 Å². The first kappa shape index (κ1) is 72.0. The van der Waals surface area contributed by atoms with Gasteiger partial charge in [-0.25, -0.2) is 14.4 Å². The number of carboxylic acid groups (broad SMARTS) is 1. The summed E-state index contributed by atoms with van der Waals surface area (Å²) in [6.45, 7) is 1.43. The predicted octanol–water partition coefficient (Wildman–Crippen LogP) is 13.3. The summed E-state index contributed by atoms with van der Waals surface area (Å²) < 4.78 is 52.0. The van der Waals surface area contributed by atoms with Gasteiger partial charge < -0.3 is 67.8 Å². The first-order chi connectivity index (χ1) is 44.2. The second-order valence-electron chi connectivity index (χ2n) is 18.4. The molecular formula is C73H74O18. The molecule has 0 saturated carbocycles. The Balaban J connectivity index is 0.000000245. The van der Waals surface area contributed by atoms with Crippen molar-refractivity contribution in [3.05, 3.63) is 257 Å². The summed E-state index contributed by atoms with van der Waals surface area (Å²) in [5.74, 6) is 2.89. The number of benzene rings is 8. The van der Waals surface area contributed by atoms with Gasteiger partial charge in [-0.15, -0.1) is 0 Å². The van der Waals surface area contributed by atoms with E-state index in [1.54, 1.807) is 76.0 Å². The fraction of sp³-hybridized carbons (Fsp3) is 0.151. The summed E-state index contributed by atoms with van der Waals surface area (Å²) in [7, 11) is 10.4. The topological polar surface area (TPSA) is 241 Å². The van der Waals surface area contributed by atoms with Crippen molar-refractivity contribution in [2.24, 2.45) is 0 Å². The highest BCUT2D eigenvalue weighted by molar-refractivity contribution is 5.88. The highest BCUT2D eigenvalue weighted by Gasteiger charge is 2.09. The Bertz CT molecular complexity index is 3650. The van der Waals surface area contributed by atoms with Gasteiger partial charge in [-0.1, -0.05) is 140 Å². The van der Waals surface area contributed by atoms with Gasteiger partial charge in [-0.2, -0.15) is 0 Å². The second-order valence-corrected chi connectivity index (χ2v) is 18.4. The van der Waals surface area contributed by atoms with Gasteiger partial charge >= 0.3 is 17.9 Å². The average Bonchev–Trinajstić information content (AvgIpc) is 2.90. The number of carbonyl (C=O) groups excluding carboxylic acids is 3. The Morgan fingerprint density at radius 1 is 0.374 bits per heavy atom. The third-order valence-corrected chi connectivity index (χ3v) is 12.1. The van der Waals surface area contributed by atoms with Crippen molar-refractivity contribution in [1.82, 2.24) is 0 Å². The Morgan fingerprint density at radius 2 is 0.681 bits per heavy atom. The number of hydrogen-bond acceptors (Lipinski definition) is 17. The number of aromatic hydroxyl groups is 2. The molecule has 0 heterocycles. The van der Waals surface area contributed by atoms with Crippen LogP contribution in [-0.2, 0) is 48.5 Å². The van der Waals surface area contributed by atoms with E-state index in [2.05, 4.69) is 9.47 Å². The largest absolute Gasteiger partial charge is 0.504 e. The number of rotatable bonds is 24. The zero-order chi connectivity index (χ0) is 66.0. The SMILES string of the molecule is COC(=O)/C=C/c1ccc(OC)c(O)c1.COC(=O)/C=C/c1ccc(OC)c(OCc2ccccc2)c1.COc1ccc(/C=C/C(=O)O)cc1O.COc1ccc(/C=C/C=O)cc1OCc1ccccc1.COc1ccc(/C=C/CO)cc1OCc1ccccc1. The summed E-state index contributed by atoms with van der Waals surface area (Å²) >= 11 is 0. The second kappa shape index (κ2) is 41.6. The van der Waals surface area contributed by atoms with Crippen LogP contribution < -0.4 is 37.9 Å². The number of aldehydes is 1. The van der Waals surface area contributed by atoms with Crippen molar-refractivity contribution < 1.29 is 87.0 Å². The molecule has 0 saturated heterocycles. The minimum absolute atomic E-state index is 0.0139. The monoisotopic (exact) mass is 1240 g/mol. The summed E-state index contributed by atoms with van der Waals surface area (Å²) in [6, 6.07) is 55.9. The molecule has 91 heavy (non-hydrogen) atoms. The first-order valence-corrected chi connectivity index (χ1v) is 27.8. The van der Waals surface area contributed by atoms with E-state index in [1.807, 2.05) is 146 Å². The van der Waals surface area contributed by atoms with Gasteiger partial charge in [0.1, 0.15) is 26.1 Å². The summed E-state index contributed by atoms with van der Waals surface area (Å²) in [6.07, 6.45) is 15.7. The number of ether oxygens (including phenoxy) is 10. The lowest BCUT2D eigenvalue weighted by Gasteiger charge is -2.11. The lowest BCUT2D eigenvalue weighted by molar-refractivity contribution is -0.135. The van der Waals surface area contributed by atoms with Crippen LogP contribution in [0.15, 0.2) is 212 Å². The molecule has 0 aliphatic carbocycles. The summed E-state index contributed by atoms with van der Waals surface area (Å²) in [5, 5.41) is 36.0. The fourth-order valence-electron chi connectivity index (χ4n) is 7.53. The van der Waals surface area contributed by atoms with Crippen molar-refractivity contribution >= 4 is 54.6 Å². The standard InChI is InChI=1S/C18H18O4.C17H18O3.C17H16O3.C11H12O4.C10H10O4/c1-20-16-10-8-14(9-11-18(19)21-2)12-17(16)22-13-15-6-4-3-5-7-15;2*1-19-16-10-9-14(8-5-11-18)12-17(16)20-13-15-6-3-2-4-7-15;1-14-10-5-3-8(7-9(10)12)4-6-11(13)15-2;1-14-9-4-2-7(6-8(9)11)3-5-10(12)13/h3-12H,13H2,1-2H3;2-10,12,18H,11,13H2,1H3;2-12H,13H2,1H3;3-7,12H,1-2H3;2-6,11H,1H3,(H,12,13)/b11-9+;2*8-5+;6-4+;5-3+. The lowest BCUT2D eigenvalue weighted by Crippen LogP contribution is -1.98. The maximum Gasteiger partial charge on any atom is 0.330 e. The van der Waals surface area contributed by atoms with E-state index >= 15 is 0 Å². The molecule has 8 aromatic carbocycles. The highest BCUT2D eigenvalue weighted by Crippen LogP contribution is 2.33. The van der Waals surface area contributed by atoms with Crippen LogP contribution in [0.5, 0.6) is 57.5 Å². The average molecular weight is 1240 g/mol. The van der Waals surface area contributed by atoms with Gasteiger partial charge in [-0.3, -0.25) is 4.79 Å². The number of allylic oxidation sites excluding steroid dienone is 1. The molecule has 0 bridgehead atoms. The quantitative estimate of drug-likeness (QED) is 0.0250. The van der Waals surface area contributed by atoms with Crippen LogP contribution in [0.4, 0.5) is 0 Å². The number of hydrogen-bond donors (Lipinski definition) is 4. The van der Waals surface area contributed by atoms with Crippen LogP contribution in [0.25, 0.3) is 30.4 Å². The Labute approximate surface area is 529 Å². The number of phenols is 2. The van der Waals surface area contributed by atoms with E-state index in [0.29, 0.717) is 76.9 Å². The van der Waals surface area contributed by atoms with Gasteiger partial charge in [-0.05, 0) is 129 Å². The molecule has 0 aromatic heterocycles. The van der Waals surface area contributed by atoms with E-state index in [-0.39, 0.29) is 18.1 Å². The van der Waals surface area contributed by atoms with Crippen molar-refractivity contribution in [1.29, 1.82) is 0 Å². The van der Waals surface area contributed by atoms with Crippen molar-refractivity contribution in [2.45, 2.75) is 19.8 Å². The fourth-order valence-corrected chi connectivity index (χ4v) is 7.53. The third-order valence-electron chi connectivity index (χ3n) is 12.1. The van der Waals surface area contributed by atoms with Crippen LogP contribution >= 0.6 is 0 Å².